The van der Waals surface area contributed by atoms with Crippen molar-refractivity contribution in [1.82, 2.24) is 0 Å². The Labute approximate surface area is 77.9 Å². The Morgan fingerprint density at radius 1 is 1.58 bits per heavy atom. The predicted octanol–water partition coefficient (Wildman–Crippen LogP) is 2.65. The number of halogens is 1. The molecule has 1 fully saturated rings. The molecule has 0 aromatic rings. The van der Waals surface area contributed by atoms with Crippen molar-refractivity contribution in [2.24, 2.45) is 5.41 Å². The lowest BCUT2D eigenvalue weighted by atomic mass is 9.80. The van der Waals surface area contributed by atoms with E-state index in [-0.39, 0.29) is 5.41 Å². The smallest absolute Gasteiger partial charge is 0.322 e. The van der Waals surface area contributed by atoms with Crippen LogP contribution in [0, 0.1) is 5.41 Å². The summed E-state index contributed by atoms with van der Waals surface area (Å²) in [6.45, 7) is 2.03. The number of carboxylic acid groups (broad SMARTS) is 1. The van der Waals surface area contributed by atoms with Crippen LogP contribution in [-0.4, -0.2) is 16.5 Å². The van der Waals surface area contributed by atoms with Crippen molar-refractivity contribution in [1.29, 1.82) is 0 Å². The van der Waals surface area contributed by atoms with Gasteiger partial charge in [-0.3, -0.25) is 4.79 Å². The fourth-order valence-corrected chi connectivity index (χ4v) is 2.50. The summed E-state index contributed by atoms with van der Waals surface area (Å²) in [5, 5.41) is 8.12. The molecule has 12 heavy (non-hydrogen) atoms. The summed E-state index contributed by atoms with van der Waals surface area (Å²) < 4.78 is 0. The Bertz CT molecular complexity index is 173. The second-order valence-corrected chi connectivity index (χ2v) is 4.06. The molecule has 0 radical (unpaired) electrons. The maximum Gasteiger partial charge on any atom is 0.322 e. The highest BCUT2D eigenvalue weighted by Crippen LogP contribution is 2.46. The normalized spacial score (nSPS) is 23.8. The third kappa shape index (κ3) is 1.58. The summed E-state index contributed by atoms with van der Waals surface area (Å²) in [5.41, 5.74) is -0.118. The third-order valence-corrected chi connectivity index (χ3v) is 3.71. The Kier molecular flexibility index (Phi) is 2.99. The number of aliphatic carboxylic acids is 1. The van der Waals surface area contributed by atoms with Gasteiger partial charge >= 0.3 is 5.97 Å². The van der Waals surface area contributed by atoms with Crippen molar-refractivity contribution in [2.45, 2.75) is 44.4 Å². The molecule has 1 rings (SSSR count). The standard InChI is InChI=1S/C9H15ClO2/c1-2-9(5-3-4-6-9)7(10)8(11)12/h7H,2-6H2,1H3,(H,11,12). The van der Waals surface area contributed by atoms with Gasteiger partial charge in [0.15, 0.2) is 0 Å². The number of carboxylic acids is 1. The molecule has 2 nitrogen and oxygen atoms in total. The fraction of sp³-hybridized carbons (Fsp3) is 0.889. The molecule has 0 aromatic carbocycles. The average molecular weight is 191 g/mol. The molecule has 1 aliphatic rings. The third-order valence-electron chi connectivity index (χ3n) is 3.06. The largest absolute Gasteiger partial charge is 0.480 e. The fourth-order valence-electron chi connectivity index (χ4n) is 2.13. The molecular formula is C9H15ClO2. The number of hydrogen-bond donors (Lipinski definition) is 1. The first-order chi connectivity index (χ1) is 5.62. The number of rotatable bonds is 3. The van der Waals surface area contributed by atoms with E-state index in [9.17, 15) is 4.79 Å². The van der Waals surface area contributed by atoms with Crippen molar-refractivity contribution in [3.63, 3.8) is 0 Å². The monoisotopic (exact) mass is 190 g/mol. The molecule has 0 aromatic heterocycles. The van der Waals surface area contributed by atoms with Gasteiger partial charge in [-0.05, 0) is 24.7 Å². The van der Waals surface area contributed by atoms with Crippen LogP contribution < -0.4 is 0 Å². The lowest BCUT2D eigenvalue weighted by Crippen LogP contribution is -2.34. The van der Waals surface area contributed by atoms with Gasteiger partial charge in [0, 0.05) is 0 Å². The van der Waals surface area contributed by atoms with E-state index in [1.54, 1.807) is 0 Å². The molecule has 0 bridgehead atoms. The van der Waals surface area contributed by atoms with Crippen LogP contribution in [0.25, 0.3) is 0 Å². The van der Waals surface area contributed by atoms with Gasteiger partial charge in [-0.15, -0.1) is 11.6 Å². The van der Waals surface area contributed by atoms with E-state index in [1.807, 2.05) is 6.92 Å². The lowest BCUT2D eigenvalue weighted by molar-refractivity contribution is -0.139. The maximum absolute atomic E-state index is 10.7. The summed E-state index contributed by atoms with van der Waals surface area (Å²) in [5.74, 6) is -0.861. The van der Waals surface area contributed by atoms with Crippen molar-refractivity contribution in [2.75, 3.05) is 0 Å². The molecular weight excluding hydrogens is 176 g/mol. The zero-order valence-corrected chi connectivity index (χ0v) is 8.10. The van der Waals surface area contributed by atoms with Crippen molar-refractivity contribution >= 4 is 17.6 Å². The van der Waals surface area contributed by atoms with Gasteiger partial charge in [-0.25, -0.2) is 0 Å². The van der Waals surface area contributed by atoms with Gasteiger partial charge in [0.25, 0.3) is 0 Å². The lowest BCUT2D eigenvalue weighted by Gasteiger charge is -2.29. The summed E-state index contributed by atoms with van der Waals surface area (Å²) in [7, 11) is 0. The Morgan fingerprint density at radius 2 is 2.08 bits per heavy atom. The molecule has 1 atom stereocenters. The van der Waals surface area contributed by atoms with Gasteiger partial charge in [0.1, 0.15) is 5.38 Å². The Morgan fingerprint density at radius 3 is 2.42 bits per heavy atom. The molecule has 70 valence electrons. The van der Waals surface area contributed by atoms with Crippen LogP contribution >= 0.6 is 11.6 Å². The van der Waals surface area contributed by atoms with E-state index in [4.69, 9.17) is 16.7 Å². The second kappa shape index (κ2) is 3.65. The minimum Gasteiger partial charge on any atom is -0.480 e. The molecule has 0 saturated heterocycles. The van der Waals surface area contributed by atoms with Crippen LogP contribution in [0.1, 0.15) is 39.0 Å². The van der Waals surface area contributed by atoms with Crippen molar-refractivity contribution in [3.05, 3.63) is 0 Å². The maximum atomic E-state index is 10.7. The number of alkyl halides is 1. The highest BCUT2D eigenvalue weighted by atomic mass is 35.5. The minimum absolute atomic E-state index is 0.118. The first-order valence-electron chi connectivity index (χ1n) is 4.49. The molecule has 1 N–H and O–H groups in total. The minimum atomic E-state index is -0.861. The zero-order chi connectivity index (χ0) is 9.19. The SMILES string of the molecule is CCC1(C(Cl)C(=O)O)CCCC1. The molecule has 1 saturated carbocycles. The van der Waals surface area contributed by atoms with E-state index < -0.39 is 11.3 Å². The van der Waals surface area contributed by atoms with Crippen molar-refractivity contribution < 1.29 is 9.90 Å². The topological polar surface area (TPSA) is 37.3 Å². The van der Waals surface area contributed by atoms with Crippen LogP contribution in [0.15, 0.2) is 0 Å². The summed E-state index contributed by atoms with van der Waals surface area (Å²) >= 11 is 5.88. The van der Waals surface area contributed by atoms with E-state index in [0.717, 1.165) is 32.1 Å². The number of carbonyl (C=O) groups is 1. The first-order valence-corrected chi connectivity index (χ1v) is 4.93. The molecule has 0 amide bonds. The van der Waals surface area contributed by atoms with Crippen LogP contribution in [0.4, 0.5) is 0 Å². The van der Waals surface area contributed by atoms with Gasteiger partial charge < -0.3 is 5.11 Å². The summed E-state index contributed by atoms with van der Waals surface area (Å²) in [6.07, 6.45) is 5.09. The summed E-state index contributed by atoms with van der Waals surface area (Å²) in [4.78, 5) is 10.7. The van der Waals surface area contributed by atoms with Crippen LogP contribution in [0.3, 0.4) is 0 Å². The Balaban J connectivity index is 2.71. The second-order valence-electron chi connectivity index (χ2n) is 3.62. The predicted molar refractivity (Wildman–Crippen MR) is 48.5 cm³/mol. The molecule has 1 aliphatic carbocycles. The van der Waals surface area contributed by atoms with E-state index >= 15 is 0 Å². The molecule has 0 heterocycles. The quantitative estimate of drug-likeness (QED) is 0.695. The highest BCUT2D eigenvalue weighted by Gasteiger charge is 2.42. The number of hydrogen-bond acceptors (Lipinski definition) is 1. The van der Waals surface area contributed by atoms with E-state index in [2.05, 4.69) is 0 Å². The van der Waals surface area contributed by atoms with Gasteiger partial charge in [0.05, 0.1) is 0 Å². The van der Waals surface area contributed by atoms with Gasteiger partial charge in [0.2, 0.25) is 0 Å². The van der Waals surface area contributed by atoms with Crippen LogP contribution in [0.5, 0.6) is 0 Å². The molecule has 0 aliphatic heterocycles. The molecule has 1 unspecified atom stereocenters. The van der Waals surface area contributed by atoms with E-state index in [0.29, 0.717) is 0 Å². The Hall–Kier alpha value is -0.240. The van der Waals surface area contributed by atoms with Crippen LogP contribution in [0.2, 0.25) is 0 Å². The summed E-state index contributed by atoms with van der Waals surface area (Å²) in [6, 6.07) is 0. The van der Waals surface area contributed by atoms with Gasteiger partial charge in [-0.2, -0.15) is 0 Å². The van der Waals surface area contributed by atoms with Crippen molar-refractivity contribution in [3.8, 4) is 0 Å². The highest BCUT2D eigenvalue weighted by molar-refractivity contribution is 6.30. The molecule has 0 spiro atoms. The average Bonchev–Trinajstić information content (AvgIpc) is 2.52. The first kappa shape index (κ1) is 9.85. The van der Waals surface area contributed by atoms with Gasteiger partial charge in [-0.1, -0.05) is 19.8 Å². The van der Waals surface area contributed by atoms with E-state index in [1.165, 1.54) is 0 Å². The molecule has 3 heteroatoms. The zero-order valence-electron chi connectivity index (χ0n) is 7.35. The van der Waals surface area contributed by atoms with Crippen LogP contribution in [-0.2, 0) is 4.79 Å².